The summed E-state index contributed by atoms with van der Waals surface area (Å²) in [4.78, 5) is 6.57. The van der Waals surface area contributed by atoms with Gasteiger partial charge in [-0.1, -0.05) is 0 Å². The van der Waals surface area contributed by atoms with Crippen LogP contribution in [-0.4, -0.2) is 60.8 Å². The Morgan fingerprint density at radius 3 is 2.91 bits per heavy atom. The number of nitrogens with one attached hydrogen (secondary N) is 1. The standard InChI is InChI=1S/C24H31N5O4/c1-23(32)5-3-8-28(10-6-23)19-12-20-16(13-24(2,15-30)33-20)11-18(19)27-22(31)17-14-26-29-9-4-7-25-21(17)29/h4,7,9,11-12,14,22,27,30-32H,3,5-6,8,10,13,15H2,1-2H3/t22?,23-,24+/m1/s1. The number of hydrogen-bond acceptors (Lipinski definition) is 8. The van der Waals surface area contributed by atoms with Crippen molar-refractivity contribution < 1.29 is 20.1 Å². The zero-order valence-electron chi connectivity index (χ0n) is 19.0. The Hall–Kier alpha value is -2.88. The van der Waals surface area contributed by atoms with E-state index in [4.69, 9.17) is 4.74 Å². The summed E-state index contributed by atoms with van der Waals surface area (Å²) >= 11 is 0. The lowest BCUT2D eigenvalue weighted by atomic mass is 9.98. The molecule has 0 bridgehead atoms. The van der Waals surface area contributed by atoms with E-state index in [0.29, 0.717) is 30.6 Å². The lowest BCUT2D eigenvalue weighted by Crippen LogP contribution is -2.34. The van der Waals surface area contributed by atoms with Gasteiger partial charge in [0.1, 0.15) is 11.4 Å². The maximum Gasteiger partial charge on any atom is 0.162 e. The van der Waals surface area contributed by atoms with E-state index >= 15 is 0 Å². The average Bonchev–Trinajstić information content (AvgIpc) is 3.30. The van der Waals surface area contributed by atoms with Crippen LogP contribution in [-0.2, 0) is 6.42 Å². The van der Waals surface area contributed by atoms with Crippen molar-refractivity contribution >= 4 is 17.0 Å². The number of aliphatic hydroxyl groups excluding tert-OH is 2. The Labute approximate surface area is 192 Å². The van der Waals surface area contributed by atoms with Crippen LogP contribution in [0.2, 0.25) is 0 Å². The quantitative estimate of drug-likeness (QED) is 0.435. The lowest BCUT2D eigenvalue weighted by molar-refractivity contribution is 0.0447. The molecule has 3 atom stereocenters. The van der Waals surface area contributed by atoms with Crippen molar-refractivity contribution in [3.8, 4) is 5.75 Å². The normalized spacial score (nSPS) is 26.0. The molecule has 1 unspecified atom stereocenters. The average molecular weight is 454 g/mol. The maximum absolute atomic E-state index is 11.1. The second kappa shape index (κ2) is 8.16. The predicted octanol–water partition coefficient (Wildman–Crippen LogP) is 2.26. The predicted molar refractivity (Wildman–Crippen MR) is 125 cm³/mol. The summed E-state index contributed by atoms with van der Waals surface area (Å²) in [7, 11) is 0. The first-order valence-electron chi connectivity index (χ1n) is 11.4. The SMILES string of the molecule is C[C@@]1(O)CCCN(c2cc3c(cc2NC(O)c2cnn4cccnc24)C[C@@](C)(CO)O3)CC1. The molecular weight excluding hydrogens is 422 g/mol. The molecule has 0 spiro atoms. The third-order valence-electron chi connectivity index (χ3n) is 6.73. The highest BCUT2D eigenvalue weighted by Gasteiger charge is 2.36. The zero-order chi connectivity index (χ0) is 23.2. The molecule has 0 saturated carbocycles. The number of hydrogen-bond donors (Lipinski definition) is 4. The van der Waals surface area contributed by atoms with Gasteiger partial charge in [-0.3, -0.25) is 0 Å². The molecule has 2 aromatic heterocycles. The molecule has 2 aliphatic rings. The van der Waals surface area contributed by atoms with Crippen LogP contribution in [0, 0.1) is 0 Å². The molecule has 176 valence electrons. The lowest BCUT2D eigenvalue weighted by Gasteiger charge is -2.28. The first kappa shape index (κ1) is 21.9. The van der Waals surface area contributed by atoms with Crippen molar-refractivity contribution in [1.29, 1.82) is 0 Å². The summed E-state index contributed by atoms with van der Waals surface area (Å²) in [5.74, 6) is 0.746. The van der Waals surface area contributed by atoms with Gasteiger partial charge in [0.15, 0.2) is 11.9 Å². The Morgan fingerprint density at radius 2 is 2.09 bits per heavy atom. The minimum atomic E-state index is -1.02. The van der Waals surface area contributed by atoms with E-state index in [0.717, 1.165) is 42.1 Å². The van der Waals surface area contributed by atoms with Gasteiger partial charge in [-0.25, -0.2) is 9.50 Å². The van der Waals surface area contributed by atoms with E-state index in [1.54, 1.807) is 29.2 Å². The van der Waals surface area contributed by atoms with Crippen LogP contribution in [0.25, 0.3) is 5.65 Å². The molecule has 0 radical (unpaired) electrons. The number of ether oxygens (including phenoxy) is 1. The van der Waals surface area contributed by atoms with E-state index < -0.39 is 17.4 Å². The second-order valence-electron chi connectivity index (χ2n) is 9.74. The molecule has 1 aromatic carbocycles. The third kappa shape index (κ3) is 4.23. The van der Waals surface area contributed by atoms with E-state index in [1.807, 2.05) is 26.0 Å². The smallest absolute Gasteiger partial charge is 0.162 e. The van der Waals surface area contributed by atoms with Gasteiger partial charge >= 0.3 is 0 Å². The van der Waals surface area contributed by atoms with Gasteiger partial charge < -0.3 is 30.3 Å². The van der Waals surface area contributed by atoms with Crippen LogP contribution in [0.1, 0.15) is 50.5 Å². The summed E-state index contributed by atoms with van der Waals surface area (Å²) in [5.41, 5.74) is 2.46. The largest absolute Gasteiger partial charge is 0.484 e. The van der Waals surface area contributed by atoms with Crippen LogP contribution in [0.15, 0.2) is 36.8 Å². The van der Waals surface area contributed by atoms with Gasteiger partial charge in [0.05, 0.1) is 35.3 Å². The molecule has 0 aliphatic carbocycles. The first-order chi connectivity index (χ1) is 15.8. The van der Waals surface area contributed by atoms with Crippen molar-refractivity contribution in [3.63, 3.8) is 0 Å². The van der Waals surface area contributed by atoms with E-state index in [9.17, 15) is 15.3 Å². The topological polar surface area (TPSA) is 115 Å². The van der Waals surface area contributed by atoms with E-state index in [1.165, 1.54) is 0 Å². The number of rotatable bonds is 5. The highest BCUT2D eigenvalue weighted by molar-refractivity contribution is 5.75. The van der Waals surface area contributed by atoms with Crippen LogP contribution < -0.4 is 15.0 Å². The summed E-state index contributed by atoms with van der Waals surface area (Å²) in [5, 5.41) is 39.0. The van der Waals surface area contributed by atoms with Gasteiger partial charge in [0, 0.05) is 43.5 Å². The van der Waals surface area contributed by atoms with Crippen LogP contribution in [0.4, 0.5) is 11.4 Å². The van der Waals surface area contributed by atoms with Crippen molar-refractivity contribution in [2.75, 3.05) is 29.9 Å². The van der Waals surface area contributed by atoms with Gasteiger partial charge in [-0.05, 0) is 45.2 Å². The van der Waals surface area contributed by atoms with Gasteiger partial charge in [0.25, 0.3) is 0 Å². The maximum atomic E-state index is 11.1. The van der Waals surface area contributed by atoms with Gasteiger partial charge in [-0.2, -0.15) is 5.10 Å². The molecule has 4 N–H and O–H groups in total. The van der Waals surface area contributed by atoms with Gasteiger partial charge in [-0.15, -0.1) is 0 Å². The summed E-state index contributed by atoms with van der Waals surface area (Å²) in [6.07, 6.45) is 6.89. The second-order valence-corrected chi connectivity index (χ2v) is 9.74. The molecule has 0 amide bonds. The van der Waals surface area contributed by atoms with Crippen LogP contribution >= 0.6 is 0 Å². The van der Waals surface area contributed by atoms with Crippen molar-refractivity contribution in [2.24, 2.45) is 0 Å². The molecule has 2 aliphatic heterocycles. The molecule has 4 heterocycles. The summed E-state index contributed by atoms with van der Waals surface area (Å²) in [6, 6.07) is 5.77. The Morgan fingerprint density at radius 1 is 1.24 bits per heavy atom. The van der Waals surface area contributed by atoms with E-state index in [-0.39, 0.29) is 6.61 Å². The third-order valence-corrected chi connectivity index (χ3v) is 6.73. The highest BCUT2D eigenvalue weighted by atomic mass is 16.5. The fourth-order valence-electron chi connectivity index (χ4n) is 4.78. The van der Waals surface area contributed by atoms with Gasteiger partial charge in [0.2, 0.25) is 0 Å². The van der Waals surface area contributed by atoms with Crippen molar-refractivity contribution in [2.45, 2.75) is 57.0 Å². The molecule has 9 nitrogen and oxygen atoms in total. The van der Waals surface area contributed by atoms with E-state index in [2.05, 4.69) is 20.3 Å². The number of fused-ring (bicyclic) bond motifs is 2. The van der Waals surface area contributed by atoms with Crippen LogP contribution in [0.3, 0.4) is 0 Å². The molecule has 1 saturated heterocycles. The highest BCUT2D eigenvalue weighted by Crippen LogP contribution is 2.43. The van der Waals surface area contributed by atoms with Crippen molar-refractivity contribution in [1.82, 2.24) is 14.6 Å². The Bertz CT molecular complexity index is 1160. The number of benzene rings is 1. The Balaban J connectivity index is 1.50. The monoisotopic (exact) mass is 453 g/mol. The molecular formula is C24H31N5O4. The summed E-state index contributed by atoms with van der Waals surface area (Å²) < 4.78 is 7.72. The minimum absolute atomic E-state index is 0.0803. The fraction of sp³-hybridized carbons (Fsp3) is 0.500. The number of anilines is 2. The van der Waals surface area contributed by atoms with Crippen LogP contribution in [0.5, 0.6) is 5.75 Å². The molecule has 9 heteroatoms. The molecule has 33 heavy (non-hydrogen) atoms. The molecule has 5 rings (SSSR count). The summed E-state index contributed by atoms with van der Waals surface area (Å²) in [6.45, 7) is 5.17. The first-order valence-corrected chi connectivity index (χ1v) is 11.4. The number of aromatic nitrogens is 3. The number of nitrogens with zero attached hydrogens (tertiary/aromatic N) is 4. The molecule has 1 fully saturated rings. The molecule has 3 aromatic rings. The fourth-order valence-corrected chi connectivity index (χ4v) is 4.78. The zero-order valence-corrected chi connectivity index (χ0v) is 19.0. The minimum Gasteiger partial charge on any atom is -0.484 e. The van der Waals surface area contributed by atoms with Crippen molar-refractivity contribution in [3.05, 3.63) is 47.9 Å². The number of aliphatic hydroxyl groups is 3. The Kier molecular flexibility index (Phi) is 5.43.